The third kappa shape index (κ3) is 3.53. The molecule has 0 aromatic heterocycles. The molecule has 1 rings (SSSR count). The number of terminal acetylenes is 1. The standard InChI is InChI=1S/C11H12ClNS/c1-2-3-4-7-14-11-8-9(13)5-6-10(11)12/h1,5-6,8H,3-4,7,13H2. The molecule has 3 heteroatoms. The lowest BCUT2D eigenvalue weighted by molar-refractivity contribution is 0.997. The van der Waals surface area contributed by atoms with E-state index in [2.05, 4.69) is 5.92 Å². The first-order valence-corrected chi connectivity index (χ1v) is 5.71. The summed E-state index contributed by atoms with van der Waals surface area (Å²) in [5, 5.41) is 0.755. The zero-order valence-electron chi connectivity index (χ0n) is 7.79. The molecule has 0 bridgehead atoms. The Morgan fingerprint density at radius 1 is 1.50 bits per heavy atom. The van der Waals surface area contributed by atoms with Gasteiger partial charge in [0, 0.05) is 17.0 Å². The fourth-order valence-corrected chi connectivity index (χ4v) is 2.20. The van der Waals surface area contributed by atoms with Crippen molar-refractivity contribution in [2.24, 2.45) is 0 Å². The minimum atomic E-state index is 0.744. The van der Waals surface area contributed by atoms with Gasteiger partial charge < -0.3 is 5.73 Å². The van der Waals surface area contributed by atoms with Crippen molar-refractivity contribution in [1.29, 1.82) is 0 Å². The van der Waals surface area contributed by atoms with Gasteiger partial charge in [0.15, 0.2) is 0 Å². The van der Waals surface area contributed by atoms with Gasteiger partial charge in [-0.2, -0.15) is 0 Å². The molecule has 0 unspecified atom stereocenters. The molecule has 1 nitrogen and oxygen atoms in total. The SMILES string of the molecule is C#CCCCSc1cc(N)ccc1Cl. The molecular formula is C11H12ClNS. The van der Waals surface area contributed by atoms with Gasteiger partial charge in [-0.25, -0.2) is 0 Å². The molecule has 2 N–H and O–H groups in total. The molecule has 14 heavy (non-hydrogen) atoms. The number of anilines is 1. The van der Waals surface area contributed by atoms with Gasteiger partial charge in [-0.1, -0.05) is 11.6 Å². The monoisotopic (exact) mass is 225 g/mol. The van der Waals surface area contributed by atoms with E-state index in [1.807, 2.05) is 12.1 Å². The van der Waals surface area contributed by atoms with Crippen molar-refractivity contribution in [2.75, 3.05) is 11.5 Å². The van der Waals surface area contributed by atoms with E-state index < -0.39 is 0 Å². The van der Waals surface area contributed by atoms with E-state index in [1.165, 1.54) is 0 Å². The molecule has 0 saturated heterocycles. The third-order valence-electron chi connectivity index (χ3n) is 1.68. The summed E-state index contributed by atoms with van der Waals surface area (Å²) < 4.78 is 0. The summed E-state index contributed by atoms with van der Waals surface area (Å²) in [6.45, 7) is 0. The molecule has 0 heterocycles. The lowest BCUT2D eigenvalue weighted by Gasteiger charge is -2.03. The Bertz CT molecular complexity index is 344. The highest BCUT2D eigenvalue weighted by molar-refractivity contribution is 7.99. The molecule has 74 valence electrons. The average molecular weight is 226 g/mol. The van der Waals surface area contributed by atoms with Gasteiger partial charge in [-0.05, 0) is 30.4 Å². The molecule has 0 radical (unpaired) electrons. The number of hydrogen-bond donors (Lipinski definition) is 1. The van der Waals surface area contributed by atoms with Crippen LogP contribution >= 0.6 is 23.4 Å². The van der Waals surface area contributed by atoms with Gasteiger partial charge in [0.1, 0.15) is 0 Å². The zero-order valence-corrected chi connectivity index (χ0v) is 9.37. The Hall–Kier alpha value is -0.780. The van der Waals surface area contributed by atoms with Crippen molar-refractivity contribution in [2.45, 2.75) is 17.7 Å². The minimum absolute atomic E-state index is 0.744. The second-order valence-corrected chi connectivity index (χ2v) is 4.39. The van der Waals surface area contributed by atoms with Crippen molar-refractivity contribution in [3.05, 3.63) is 23.2 Å². The van der Waals surface area contributed by atoms with E-state index in [9.17, 15) is 0 Å². The smallest absolute Gasteiger partial charge is 0.0543 e. The Kier molecular flexibility index (Phi) is 4.72. The summed E-state index contributed by atoms with van der Waals surface area (Å²) in [5.41, 5.74) is 6.40. The number of halogens is 1. The summed E-state index contributed by atoms with van der Waals surface area (Å²) in [6, 6.07) is 5.51. The Balaban J connectivity index is 2.50. The molecule has 0 atom stereocenters. The maximum Gasteiger partial charge on any atom is 0.0543 e. The molecule has 0 aliphatic rings. The lowest BCUT2D eigenvalue weighted by atomic mass is 10.3. The van der Waals surface area contributed by atoms with E-state index in [4.69, 9.17) is 23.8 Å². The quantitative estimate of drug-likeness (QED) is 0.368. The van der Waals surface area contributed by atoms with Crippen molar-refractivity contribution in [1.82, 2.24) is 0 Å². The number of rotatable bonds is 4. The molecule has 0 aliphatic heterocycles. The molecular weight excluding hydrogens is 214 g/mol. The molecule has 1 aromatic carbocycles. The highest BCUT2D eigenvalue weighted by Crippen LogP contribution is 2.29. The van der Waals surface area contributed by atoms with Crippen LogP contribution < -0.4 is 5.73 Å². The lowest BCUT2D eigenvalue weighted by Crippen LogP contribution is -1.86. The molecule has 0 amide bonds. The van der Waals surface area contributed by atoms with Gasteiger partial charge in [0.25, 0.3) is 0 Å². The molecule has 0 fully saturated rings. The molecule has 0 saturated carbocycles. The zero-order chi connectivity index (χ0) is 10.4. The van der Waals surface area contributed by atoms with Crippen molar-refractivity contribution in [3.8, 4) is 12.3 Å². The van der Waals surface area contributed by atoms with Crippen molar-refractivity contribution >= 4 is 29.1 Å². The largest absolute Gasteiger partial charge is 0.399 e. The summed E-state index contributed by atoms with van der Waals surface area (Å²) in [6.07, 6.45) is 6.98. The van der Waals surface area contributed by atoms with Gasteiger partial charge in [0.05, 0.1) is 5.02 Å². The predicted molar refractivity (Wildman–Crippen MR) is 64.7 cm³/mol. The topological polar surface area (TPSA) is 26.0 Å². The Morgan fingerprint density at radius 3 is 3.00 bits per heavy atom. The van der Waals surface area contributed by atoms with Crippen LogP contribution in [0.5, 0.6) is 0 Å². The summed E-state index contributed by atoms with van der Waals surface area (Å²) in [7, 11) is 0. The number of nitrogen functional groups attached to an aromatic ring is 1. The van der Waals surface area contributed by atoms with Crippen LogP contribution in [0.25, 0.3) is 0 Å². The summed E-state index contributed by atoms with van der Waals surface area (Å²) >= 11 is 7.69. The summed E-state index contributed by atoms with van der Waals surface area (Å²) in [5.74, 6) is 3.59. The average Bonchev–Trinajstić information content (AvgIpc) is 2.18. The second-order valence-electron chi connectivity index (χ2n) is 2.85. The van der Waals surface area contributed by atoms with Gasteiger partial charge in [-0.3, -0.25) is 0 Å². The minimum Gasteiger partial charge on any atom is -0.399 e. The van der Waals surface area contributed by atoms with Gasteiger partial charge in [0.2, 0.25) is 0 Å². The van der Waals surface area contributed by atoms with Gasteiger partial charge >= 0.3 is 0 Å². The van der Waals surface area contributed by atoms with Crippen LogP contribution in [-0.4, -0.2) is 5.75 Å². The van der Waals surface area contributed by atoms with E-state index in [1.54, 1.807) is 17.8 Å². The first-order valence-electron chi connectivity index (χ1n) is 4.35. The van der Waals surface area contributed by atoms with E-state index >= 15 is 0 Å². The highest BCUT2D eigenvalue weighted by Gasteiger charge is 2.00. The van der Waals surface area contributed by atoms with Crippen LogP contribution in [0.2, 0.25) is 5.02 Å². The van der Waals surface area contributed by atoms with E-state index in [0.29, 0.717) is 0 Å². The first kappa shape index (κ1) is 11.3. The van der Waals surface area contributed by atoms with Crippen LogP contribution in [0, 0.1) is 12.3 Å². The normalized spacial score (nSPS) is 9.71. The van der Waals surface area contributed by atoms with Gasteiger partial charge in [-0.15, -0.1) is 24.1 Å². The fourth-order valence-electron chi connectivity index (χ4n) is 0.987. The molecule has 0 spiro atoms. The van der Waals surface area contributed by atoms with Crippen LogP contribution in [0.1, 0.15) is 12.8 Å². The molecule has 1 aromatic rings. The number of nitrogens with two attached hydrogens (primary N) is 1. The maximum atomic E-state index is 5.99. The first-order chi connectivity index (χ1) is 6.74. The summed E-state index contributed by atoms with van der Waals surface area (Å²) in [4.78, 5) is 1.03. The number of unbranched alkanes of at least 4 members (excludes halogenated alkanes) is 1. The van der Waals surface area contributed by atoms with Crippen molar-refractivity contribution in [3.63, 3.8) is 0 Å². The second kappa shape index (κ2) is 5.85. The van der Waals surface area contributed by atoms with Crippen molar-refractivity contribution < 1.29 is 0 Å². The molecule has 0 aliphatic carbocycles. The van der Waals surface area contributed by atoms with Crippen LogP contribution in [-0.2, 0) is 0 Å². The highest BCUT2D eigenvalue weighted by atomic mass is 35.5. The number of benzene rings is 1. The third-order valence-corrected chi connectivity index (χ3v) is 3.26. The van der Waals surface area contributed by atoms with Crippen LogP contribution in [0.15, 0.2) is 23.1 Å². The number of hydrogen-bond acceptors (Lipinski definition) is 2. The Morgan fingerprint density at radius 2 is 2.29 bits per heavy atom. The number of thioether (sulfide) groups is 1. The Labute approximate surface area is 94.0 Å². The fraction of sp³-hybridized carbons (Fsp3) is 0.273. The van der Waals surface area contributed by atoms with Crippen LogP contribution in [0.4, 0.5) is 5.69 Å². The van der Waals surface area contributed by atoms with Crippen LogP contribution in [0.3, 0.4) is 0 Å². The van der Waals surface area contributed by atoms with E-state index in [0.717, 1.165) is 34.2 Å². The predicted octanol–water partition coefficient (Wildman–Crippen LogP) is 3.43. The maximum absolute atomic E-state index is 5.99. The van der Waals surface area contributed by atoms with E-state index in [-0.39, 0.29) is 0 Å².